The van der Waals surface area contributed by atoms with Crippen molar-refractivity contribution in [3.8, 4) is 0 Å². The fourth-order valence-electron chi connectivity index (χ4n) is 5.37. The van der Waals surface area contributed by atoms with E-state index in [4.69, 9.17) is 0 Å². The van der Waals surface area contributed by atoms with Gasteiger partial charge in [-0.2, -0.15) is 0 Å². The summed E-state index contributed by atoms with van der Waals surface area (Å²) < 4.78 is 0. The first-order valence-corrected chi connectivity index (χ1v) is 12.3. The second-order valence-electron chi connectivity index (χ2n) is 9.22. The highest BCUT2D eigenvalue weighted by Crippen LogP contribution is 2.41. The van der Waals surface area contributed by atoms with E-state index >= 15 is 0 Å². The van der Waals surface area contributed by atoms with Crippen LogP contribution in [0.1, 0.15) is 60.0 Å². The molecule has 2 atom stereocenters. The Morgan fingerprint density at radius 2 is 1.76 bits per heavy atom. The van der Waals surface area contributed by atoms with Gasteiger partial charge in [0.25, 0.3) is 5.91 Å². The van der Waals surface area contributed by atoms with Crippen LogP contribution in [0.4, 0.5) is 0 Å². The van der Waals surface area contributed by atoms with E-state index in [1.165, 1.54) is 5.56 Å². The minimum atomic E-state index is -0.446. The molecule has 0 saturated heterocycles. The molecule has 1 N–H and O–H groups in total. The van der Waals surface area contributed by atoms with Crippen molar-refractivity contribution in [2.75, 3.05) is 6.54 Å². The SMILES string of the molecule is C=C/C=C\C=C(/C)[C@H]1[C@H](C(=O)NCCc2ccccc2)c2ccccc2C(=O)N1C1CCCC1. The van der Waals surface area contributed by atoms with Gasteiger partial charge in [-0.15, -0.1) is 0 Å². The summed E-state index contributed by atoms with van der Waals surface area (Å²) in [5.74, 6) is -0.427. The summed E-state index contributed by atoms with van der Waals surface area (Å²) in [6.45, 7) is 6.34. The first-order chi connectivity index (χ1) is 16.6. The van der Waals surface area contributed by atoms with Crippen molar-refractivity contribution in [1.29, 1.82) is 0 Å². The highest BCUT2D eigenvalue weighted by atomic mass is 16.2. The predicted molar refractivity (Wildman–Crippen MR) is 138 cm³/mol. The maximum Gasteiger partial charge on any atom is 0.254 e. The number of nitrogens with zero attached hydrogens (tertiary/aromatic N) is 1. The van der Waals surface area contributed by atoms with E-state index in [0.29, 0.717) is 12.1 Å². The van der Waals surface area contributed by atoms with Gasteiger partial charge < -0.3 is 10.2 Å². The summed E-state index contributed by atoms with van der Waals surface area (Å²) in [7, 11) is 0. The third-order valence-electron chi connectivity index (χ3n) is 7.01. The number of nitrogens with one attached hydrogen (secondary N) is 1. The number of carbonyl (C=O) groups excluding carboxylic acids is 2. The zero-order valence-corrected chi connectivity index (χ0v) is 20.0. The number of hydrogen-bond acceptors (Lipinski definition) is 2. The molecule has 1 saturated carbocycles. The molecule has 0 bridgehead atoms. The summed E-state index contributed by atoms with van der Waals surface area (Å²) in [4.78, 5) is 29.5. The lowest BCUT2D eigenvalue weighted by Gasteiger charge is -2.45. The number of hydrogen-bond donors (Lipinski definition) is 1. The van der Waals surface area contributed by atoms with E-state index in [0.717, 1.165) is 43.2 Å². The van der Waals surface area contributed by atoms with E-state index in [2.05, 4.69) is 24.0 Å². The van der Waals surface area contributed by atoms with Crippen LogP contribution in [0.2, 0.25) is 0 Å². The van der Waals surface area contributed by atoms with Crippen LogP contribution in [0.25, 0.3) is 0 Å². The molecule has 1 aliphatic carbocycles. The van der Waals surface area contributed by atoms with E-state index in [9.17, 15) is 9.59 Å². The van der Waals surface area contributed by atoms with Gasteiger partial charge in [0, 0.05) is 18.2 Å². The summed E-state index contributed by atoms with van der Waals surface area (Å²) in [6.07, 6.45) is 12.5. The number of rotatable bonds is 8. The van der Waals surface area contributed by atoms with Crippen LogP contribution in [-0.4, -0.2) is 35.3 Å². The van der Waals surface area contributed by atoms with Crippen molar-refractivity contribution < 1.29 is 9.59 Å². The zero-order chi connectivity index (χ0) is 23.9. The Labute approximate surface area is 203 Å². The van der Waals surface area contributed by atoms with Crippen molar-refractivity contribution in [3.63, 3.8) is 0 Å². The minimum absolute atomic E-state index is 0.0238. The lowest BCUT2D eigenvalue weighted by molar-refractivity contribution is -0.123. The first kappa shape index (κ1) is 23.7. The van der Waals surface area contributed by atoms with Crippen molar-refractivity contribution >= 4 is 11.8 Å². The lowest BCUT2D eigenvalue weighted by atomic mass is 9.78. The number of allylic oxidation sites excluding steroid dienone is 4. The van der Waals surface area contributed by atoms with Gasteiger partial charge in [0.15, 0.2) is 0 Å². The maximum atomic E-state index is 13.8. The van der Waals surface area contributed by atoms with E-state index < -0.39 is 5.92 Å². The number of amides is 2. The largest absolute Gasteiger partial charge is 0.355 e. The Hall–Kier alpha value is -3.40. The van der Waals surface area contributed by atoms with Gasteiger partial charge >= 0.3 is 0 Å². The Bertz CT molecular complexity index is 1080. The summed E-state index contributed by atoms with van der Waals surface area (Å²) in [5.41, 5.74) is 3.68. The summed E-state index contributed by atoms with van der Waals surface area (Å²) in [5, 5.41) is 3.18. The normalized spacial score (nSPS) is 21.0. The smallest absolute Gasteiger partial charge is 0.254 e. The molecule has 4 heteroatoms. The van der Waals surface area contributed by atoms with Gasteiger partial charge in [-0.1, -0.05) is 92.3 Å². The van der Waals surface area contributed by atoms with Crippen LogP contribution >= 0.6 is 0 Å². The van der Waals surface area contributed by atoms with Crippen LogP contribution in [0, 0.1) is 0 Å². The molecule has 4 nitrogen and oxygen atoms in total. The number of benzene rings is 2. The Balaban J connectivity index is 1.69. The van der Waals surface area contributed by atoms with Gasteiger partial charge in [0.1, 0.15) is 0 Å². The molecule has 0 spiro atoms. The maximum absolute atomic E-state index is 13.8. The van der Waals surface area contributed by atoms with Crippen LogP contribution in [0.15, 0.2) is 91.1 Å². The van der Waals surface area contributed by atoms with Crippen LogP contribution in [0.5, 0.6) is 0 Å². The first-order valence-electron chi connectivity index (χ1n) is 12.3. The van der Waals surface area contributed by atoms with E-state index in [1.54, 1.807) is 6.08 Å². The Morgan fingerprint density at radius 3 is 2.50 bits per heavy atom. The van der Waals surface area contributed by atoms with Crippen LogP contribution in [-0.2, 0) is 11.2 Å². The second-order valence-corrected chi connectivity index (χ2v) is 9.22. The van der Waals surface area contributed by atoms with Crippen molar-refractivity contribution in [2.24, 2.45) is 0 Å². The van der Waals surface area contributed by atoms with Gasteiger partial charge in [-0.25, -0.2) is 0 Å². The predicted octanol–water partition coefficient (Wildman–Crippen LogP) is 5.58. The molecule has 34 heavy (non-hydrogen) atoms. The Morgan fingerprint density at radius 1 is 1.06 bits per heavy atom. The average Bonchev–Trinajstić information content (AvgIpc) is 3.39. The molecule has 2 amide bonds. The van der Waals surface area contributed by atoms with E-state index in [1.807, 2.05) is 72.5 Å². The molecular formula is C30H34N2O2. The van der Waals surface area contributed by atoms with Gasteiger partial charge in [0.2, 0.25) is 5.91 Å². The molecule has 0 radical (unpaired) electrons. The highest BCUT2D eigenvalue weighted by Gasteiger charge is 2.46. The third kappa shape index (κ3) is 5.06. The van der Waals surface area contributed by atoms with Crippen LogP contribution in [0.3, 0.4) is 0 Å². The Kier molecular flexibility index (Phi) is 7.79. The monoisotopic (exact) mass is 454 g/mol. The topological polar surface area (TPSA) is 49.4 Å². The zero-order valence-electron chi connectivity index (χ0n) is 20.0. The number of carbonyl (C=O) groups is 2. The van der Waals surface area contributed by atoms with Crippen molar-refractivity contribution in [1.82, 2.24) is 10.2 Å². The van der Waals surface area contributed by atoms with Crippen molar-refractivity contribution in [3.05, 3.63) is 108 Å². The second kappa shape index (κ2) is 11.1. The van der Waals surface area contributed by atoms with Gasteiger partial charge in [0.05, 0.1) is 12.0 Å². The highest BCUT2D eigenvalue weighted by molar-refractivity contribution is 6.01. The lowest BCUT2D eigenvalue weighted by Crippen LogP contribution is -2.56. The molecule has 2 aromatic rings. The fourth-order valence-corrected chi connectivity index (χ4v) is 5.37. The molecule has 2 aliphatic rings. The minimum Gasteiger partial charge on any atom is -0.355 e. The van der Waals surface area contributed by atoms with E-state index in [-0.39, 0.29) is 23.9 Å². The molecule has 4 rings (SSSR count). The molecule has 1 heterocycles. The molecule has 0 aromatic heterocycles. The molecule has 1 aliphatic heterocycles. The third-order valence-corrected chi connectivity index (χ3v) is 7.01. The number of fused-ring (bicyclic) bond motifs is 1. The molecular weight excluding hydrogens is 420 g/mol. The summed E-state index contributed by atoms with van der Waals surface area (Å²) >= 11 is 0. The summed E-state index contributed by atoms with van der Waals surface area (Å²) in [6, 6.07) is 17.7. The quantitative estimate of drug-likeness (QED) is 0.529. The molecule has 176 valence electrons. The molecule has 1 fully saturated rings. The molecule has 0 unspecified atom stereocenters. The molecule has 2 aromatic carbocycles. The standard InChI is InChI=1S/C30H34N2O2/c1-3-4-6-13-22(2)28-27(29(33)31-21-20-23-14-7-5-8-15-23)25-18-11-12-19-26(25)30(34)32(28)24-16-9-10-17-24/h3-8,11-15,18-19,24,27-28H,1,9-10,16-17,20-21H2,2H3,(H,31,33)/b6-4-,22-13+/t27-,28+/m1/s1. The van der Waals surface area contributed by atoms with Crippen LogP contribution < -0.4 is 5.32 Å². The van der Waals surface area contributed by atoms with Gasteiger partial charge in [-0.3, -0.25) is 9.59 Å². The van der Waals surface area contributed by atoms with Crippen molar-refractivity contribution in [2.45, 2.75) is 57.0 Å². The fraction of sp³-hybridized carbons (Fsp3) is 0.333. The average molecular weight is 455 g/mol. The van der Waals surface area contributed by atoms with Gasteiger partial charge in [-0.05, 0) is 49.0 Å².